The van der Waals surface area contributed by atoms with Gasteiger partial charge in [0, 0.05) is 16.9 Å². The van der Waals surface area contributed by atoms with Gasteiger partial charge in [0.05, 0.1) is 0 Å². The SMILES string of the molecule is Cc1cncc(C(C)C)c1Br. The van der Waals surface area contributed by atoms with E-state index < -0.39 is 0 Å². The minimum Gasteiger partial charge on any atom is -0.264 e. The molecule has 0 radical (unpaired) electrons. The summed E-state index contributed by atoms with van der Waals surface area (Å²) in [5, 5.41) is 0. The van der Waals surface area contributed by atoms with Gasteiger partial charge in [0.25, 0.3) is 0 Å². The average Bonchev–Trinajstić information content (AvgIpc) is 1.94. The van der Waals surface area contributed by atoms with E-state index in [-0.39, 0.29) is 0 Å². The average molecular weight is 214 g/mol. The monoisotopic (exact) mass is 213 g/mol. The topological polar surface area (TPSA) is 12.9 Å². The maximum absolute atomic E-state index is 4.14. The summed E-state index contributed by atoms with van der Waals surface area (Å²) in [6.45, 7) is 6.39. The maximum Gasteiger partial charge on any atom is 0.0313 e. The molecule has 0 spiro atoms. The van der Waals surface area contributed by atoms with Crippen LogP contribution in [0.25, 0.3) is 0 Å². The molecule has 1 rings (SSSR count). The molecule has 1 aromatic rings. The van der Waals surface area contributed by atoms with Gasteiger partial charge in [-0.15, -0.1) is 0 Å². The Hall–Kier alpha value is -0.370. The molecule has 0 aromatic carbocycles. The van der Waals surface area contributed by atoms with Crippen molar-refractivity contribution < 1.29 is 0 Å². The summed E-state index contributed by atoms with van der Waals surface area (Å²) in [7, 11) is 0. The summed E-state index contributed by atoms with van der Waals surface area (Å²) in [6.07, 6.45) is 3.79. The molecular weight excluding hydrogens is 202 g/mol. The van der Waals surface area contributed by atoms with Gasteiger partial charge < -0.3 is 0 Å². The van der Waals surface area contributed by atoms with Crippen LogP contribution in [-0.2, 0) is 0 Å². The van der Waals surface area contributed by atoms with Crippen molar-refractivity contribution in [2.75, 3.05) is 0 Å². The highest BCUT2D eigenvalue weighted by Crippen LogP contribution is 2.25. The van der Waals surface area contributed by atoms with Crippen molar-refractivity contribution in [3.8, 4) is 0 Å². The Labute approximate surface area is 76.0 Å². The molecule has 0 fully saturated rings. The smallest absolute Gasteiger partial charge is 0.0313 e. The summed E-state index contributed by atoms with van der Waals surface area (Å²) < 4.78 is 1.20. The fourth-order valence-corrected chi connectivity index (χ4v) is 1.64. The lowest BCUT2D eigenvalue weighted by molar-refractivity contribution is 0.848. The Bertz CT molecular complexity index is 256. The number of aromatic nitrogens is 1. The predicted molar refractivity (Wildman–Crippen MR) is 50.8 cm³/mol. The lowest BCUT2D eigenvalue weighted by Crippen LogP contribution is -1.92. The molecule has 2 heteroatoms. The van der Waals surface area contributed by atoms with Crippen LogP contribution in [0.3, 0.4) is 0 Å². The molecule has 1 nitrogen and oxygen atoms in total. The van der Waals surface area contributed by atoms with Gasteiger partial charge in [-0.1, -0.05) is 29.8 Å². The third-order valence-electron chi connectivity index (χ3n) is 1.70. The summed E-state index contributed by atoms with van der Waals surface area (Å²) in [5.41, 5.74) is 2.49. The first-order valence-electron chi connectivity index (χ1n) is 3.73. The van der Waals surface area contributed by atoms with E-state index in [1.54, 1.807) is 0 Å². The van der Waals surface area contributed by atoms with Crippen LogP contribution in [0.4, 0.5) is 0 Å². The van der Waals surface area contributed by atoms with E-state index in [0.717, 1.165) is 0 Å². The normalized spacial score (nSPS) is 10.6. The molecule has 0 bridgehead atoms. The Morgan fingerprint density at radius 3 is 2.45 bits per heavy atom. The molecule has 1 heterocycles. The fourth-order valence-electron chi connectivity index (χ4n) is 0.973. The third kappa shape index (κ3) is 1.80. The van der Waals surface area contributed by atoms with E-state index >= 15 is 0 Å². The molecular formula is C9H12BrN. The van der Waals surface area contributed by atoms with Crippen LogP contribution >= 0.6 is 15.9 Å². The molecule has 0 amide bonds. The highest BCUT2D eigenvalue weighted by molar-refractivity contribution is 9.10. The Balaban J connectivity index is 3.17. The number of nitrogens with zero attached hydrogens (tertiary/aromatic N) is 1. The largest absolute Gasteiger partial charge is 0.264 e. The molecule has 0 saturated heterocycles. The lowest BCUT2D eigenvalue weighted by Gasteiger charge is -2.08. The van der Waals surface area contributed by atoms with Gasteiger partial charge in [0.1, 0.15) is 0 Å². The number of hydrogen-bond acceptors (Lipinski definition) is 1. The van der Waals surface area contributed by atoms with Gasteiger partial charge in [-0.25, -0.2) is 0 Å². The van der Waals surface area contributed by atoms with Crippen LogP contribution in [0.15, 0.2) is 16.9 Å². The van der Waals surface area contributed by atoms with Crippen LogP contribution < -0.4 is 0 Å². The van der Waals surface area contributed by atoms with Gasteiger partial charge in [-0.05, 0) is 24.0 Å². The second-order valence-corrected chi connectivity index (χ2v) is 3.81. The number of halogens is 1. The quantitative estimate of drug-likeness (QED) is 0.699. The molecule has 60 valence electrons. The van der Waals surface area contributed by atoms with Crippen LogP contribution in [0.5, 0.6) is 0 Å². The second kappa shape index (κ2) is 3.35. The van der Waals surface area contributed by atoms with Gasteiger partial charge in [0.2, 0.25) is 0 Å². The standard InChI is InChI=1S/C9H12BrN/c1-6(2)8-5-11-4-7(3)9(8)10/h4-6H,1-3H3. The molecule has 0 atom stereocenters. The van der Waals surface area contributed by atoms with Gasteiger partial charge >= 0.3 is 0 Å². The zero-order valence-electron chi connectivity index (χ0n) is 7.06. The maximum atomic E-state index is 4.14. The van der Waals surface area contributed by atoms with Crippen molar-refractivity contribution in [1.29, 1.82) is 0 Å². The molecule has 0 aliphatic carbocycles. The minimum atomic E-state index is 0.539. The van der Waals surface area contributed by atoms with E-state index in [1.165, 1.54) is 15.6 Å². The summed E-state index contributed by atoms with van der Waals surface area (Å²) >= 11 is 3.54. The molecule has 0 aliphatic rings. The molecule has 1 aromatic heterocycles. The number of hydrogen-bond donors (Lipinski definition) is 0. The van der Waals surface area contributed by atoms with Crippen molar-refractivity contribution in [3.63, 3.8) is 0 Å². The number of rotatable bonds is 1. The molecule has 11 heavy (non-hydrogen) atoms. The van der Waals surface area contributed by atoms with Gasteiger partial charge in [-0.3, -0.25) is 4.98 Å². The highest BCUT2D eigenvalue weighted by atomic mass is 79.9. The van der Waals surface area contributed by atoms with E-state index in [1.807, 2.05) is 12.4 Å². The third-order valence-corrected chi connectivity index (χ3v) is 2.79. The summed E-state index contributed by atoms with van der Waals surface area (Å²) in [6, 6.07) is 0. The van der Waals surface area contributed by atoms with Crippen LogP contribution in [-0.4, -0.2) is 4.98 Å². The minimum absolute atomic E-state index is 0.539. The molecule has 0 N–H and O–H groups in total. The first-order valence-corrected chi connectivity index (χ1v) is 4.52. The van der Waals surface area contributed by atoms with Gasteiger partial charge in [-0.2, -0.15) is 0 Å². The molecule has 0 unspecified atom stereocenters. The van der Waals surface area contributed by atoms with Crippen molar-refractivity contribution in [2.45, 2.75) is 26.7 Å². The number of aryl methyl sites for hydroxylation is 1. The van der Waals surface area contributed by atoms with Gasteiger partial charge in [0.15, 0.2) is 0 Å². The van der Waals surface area contributed by atoms with Crippen LogP contribution in [0.1, 0.15) is 30.9 Å². The Kier molecular flexibility index (Phi) is 2.66. The van der Waals surface area contributed by atoms with Crippen molar-refractivity contribution in [3.05, 3.63) is 28.0 Å². The van der Waals surface area contributed by atoms with E-state index in [9.17, 15) is 0 Å². The first kappa shape index (κ1) is 8.72. The van der Waals surface area contributed by atoms with Crippen molar-refractivity contribution in [1.82, 2.24) is 4.98 Å². The zero-order chi connectivity index (χ0) is 8.43. The first-order chi connectivity index (χ1) is 5.13. The lowest BCUT2D eigenvalue weighted by atomic mass is 10.0. The van der Waals surface area contributed by atoms with Crippen LogP contribution in [0.2, 0.25) is 0 Å². The summed E-state index contributed by atoms with van der Waals surface area (Å²) in [4.78, 5) is 4.14. The zero-order valence-corrected chi connectivity index (χ0v) is 8.64. The van der Waals surface area contributed by atoms with Crippen molar-refractivity contribution in [2.24, 2.45) is 0 Å². The van der Waals surface area contributed by atoms with E-state index in [4.69, 9.17) is 0 Å². The van der Waals surface area contributed by atoms with Crippen LogP contribution in [0, 0.1) is 6.92 Å². The fraction of sp³-hybridized carbons (Fsp3) is 0.444. The van der Waals surface area contributed by atoms with Crippen molar-refractivity contribution >= 4 is 15.9 Å². The Morgan fingerprint density at radius 2 is 2.00 bits per heavy atom. The number of pyridine rings is 1. The summed E-state index contributed by atoms with van der Waals surface area (Å²) in [5.74, 6) is 0.539. The van der Waals surface area contributed by atoms with E-state index in [0.29, 0.717) is 5.92 Å². The highest BCUT2D eigenvalue weighted by Gasteiger charge is 2.05. The second-order valence-electron chi connectivity index (χ2n) is 3.01. The molecule has 0 aliphatic heterocycles. The Morgan fingerprint density at radius 1 is 1.36 bits per heavy atom. The van der Waals surface area contributed by atoms with E-state index in [2.05, 4.69) is 41.7 Å². The molecule has 0 saturated carbocycles. The predicted octanol–water partition coefficient (Wildman–Crippen LogP) is 3.28.